The highest BCUT2D eigenvalue weighted by Crippen LogP contribution is 2.38. The number of hydrogen-bond acceptors (Lipinski definition) is 5. The molecule has 3 heterocycles. The number of nitrogens with one attached hydrogen (secondary N) is 1. The second-order valence-electron chi connectivity index (χ2n) is 8.12. The van der Waals surface area contributed by atoms with Gasteiger partial charge in [-0.25, -0.2) is 0 Å². The topological polar surface area (TPSA) is 78.6 Å². The number of carboxylic acid groups (broad SMARTS) is 1. The van der Waals surface area contributed by atoms with Gasteiger partial charge in [0, 0.05) is 31.1 Å². The molecule has 0 amide bonds. The summed E-state index contributed by atoms with van der Waals surface area (Å²) in [5, 5.41) is 17.6. The van der Waals surface area contributed by atoms with E-state index in [0.717, 1.165) is 43.8 Å². The minimum atomic E-state index is -0.658. The fourth-order valence-electron chi connectivity index (χ4n) is 5.08. The van der Waals surface area contributed by atoms with Crippen molar-refractivity contribution in [3.05, 3.63) is 17.5 Å². The normalized spacial score (nSPS) is 31.6. The summed E-state index contributed by atoms with van der Waals surface area (Å²) in [6, 6.07) is 2.21. The lowest BCUT2D eigenvalue weighted by molar-refractivity contribution is -0.157. The molecule has 0 aromatic carbocycles. The summed E-state index contributed by atoms with van der Waals surface area (Å²) >= 11 is 0. The lowest BCUT2D eigenvalue weighted by Crippen LogP contribution is -2.62. The molecule has 138 valence electrons. The smallest absolute Gasteiger partial charge is 0.312 e. The van der Waals surface area contributed by atoms with Crippen molar-refractivity contribution in [3.63, 3.8) is 0 Å². The largest absolute Gasteiger partial charge is 0.481 e. The molecule has 3 fully saturated rings. The number of fused-ring (bicyclic) bond motifs is 1. The van der Waals surface area contributed by atoms with Gasteiger partial charge in [0.1, 0.15) is 0 Å². The Kier molecular flexibility index (Phi) is 4.82. The first-order valence-corrected chi connectivity index (χ1v) is 9.82. The summed E-state index contributed by atoms with van der Waals surface area (Å²) in [5.41, 5.74) is 0.444. The van der Waals surface area contributed by atoms with Crippen molar-refractivity contribution < 1.29 is 14.4 Å². The van der Waals surface area contributed by atoms with Crippen LogP contribution in [0.15, 0.2) is 10.6 Å². The van der Waals surface area contributed by atoms with Crippen molar-refractivity contribution in [1.82, 2.24) is 15.4 Å². The summed E-state index contributed by atoms with van der Waals surface area (Å²) in [6.07, 6.45) is 8.92. The third kappa shape index (κ3) is 3.34. The average molecular weight is 347 g/mol. The van der Waals surface area contributed by atoms with Crippen molar-refractivity contribution >= 4 is 5.97 Å². The van der Waals surface area contributed by atoms with E-state index >= 15 is 0 Å². The molecule has 2 saturated heterocycles. The first-order valence-electron chi connectivity index (χ1n) is 9.82. The van der Waals surface area contributed by atoms with Crippen molar-refractivity contribution in [3.8, 4) is 0 Å². The Labute approximate surface area is 148 Å². The van der Waals surface area contributed by atoms with Gasteiger partial charge >= 0.3 is 5.97 Å². The number of piperidine rings is 2. The molecule has 0 radical (unpaired) electrons. The summed E-state index contributed by atoms with van der Waals surface area (Å²) in [6.45, 7) is 3.11. The zero-order valence-electron chi connectivity index (χ0n) is 14.9. The molecule has 2 atom stereocenters. The SMILES string of the molecule is O=C(O)[C@]12CCCNC1CCN(Cc1cc(C3CCCCC3)no1)C2. The highest BCUT2D eigenvalue weighted by Gasteiger charge is 2.50. The molecule has 1 aliphatic carbocycles. The van der Waals surface area contributed by atoms with Gasteiger partial charge in [-0.1, -0.05) is 24.4 Å². The van der Waals surface area contributed by atoms with Gasteiger partial charge in [-0.15, -0.1) is 0 Å². The molecular weight excluding hydrogens is 318 g/mol. The number of carboxylic acids is 1. The molecule has 0 bridgehead atoms. The van der Waals surface area contributed by atoms with Crippen LogP contribution in [-0.2, 0) is 11.3 Å². The summed E-state index contributed by atoms with van der Waals surface area (Å²) in [5.74, 6) is 0.767. The van der Waals surface area contributed by atoms with Crippen LogP contribution in [0.1, 0.15) is 68.7 Å². The van der Waals surface area contributed by atoms with Crippen molar-refractivity contribution in [2.45, 2.75) is 69.9 Å². The van der Waals surface area contributed by atoms with Gasteiger partial charge < -0.3 is 14.9 Å². The Bertz CT molecular complexity index is 611. The predicted octanol–water partition coefficient (Wildman–Crippen LogP) is 2.75. The molecular formula is C19H29N3O3. The Balaban J connectivity index is 1.43. The number of carbonyl (C=O) groups is 1. The van der Waals surface area contributed by atoms with Gasteiger partial charge in [-0.05, 0) is 38.6 Å². The van der Waals surface area contributed by atoms with E-state index in [2.05, 4.69) is 21.4 Å². The molecule has 1 saturated carbocycles. The van der Waals surface area contributed by atoms with Gasteiger partial charge in [0.15, 0.2) is 5.76 Å². The number of aromatic nitrogens is 1. The quantitative estimate of drug-likeness (QED) is 0.872. The van der Waals surface area contributed by atoms with Crippen LogP contribution in [0.5, 0.6) is 0 Å². The standard InChI is InChI=1S/C19H29N3O3/c23-18(24)19-8-4-9-20-17(19)7-10-22(13-19)12-15-11-16(21-25-15)14-5-2-1-3-6-14/h11,14,17,20H,1-10,12-13H2,(H,23,24)/t17?,19-/m0/s1. The van der Waals surface area contributed by atoms with E-state index in [1.165, 1.54) is 32.1 Å². The minimum absolute atomic E-state index is 0.0996. The highest BCUT2D eigenvalue weighted by atomic mass is 16.5. The van der Waals surface area contributed by atoms with Gasteiger partial charge in [0.2, 0.25) is 0 Å². The monoisotopic (exact) mass is 347 g/mol. The highest BCUT2D eigenvalue weighted by molar-refractivity contribution is 5.76. The molecule has 25 heavy (non-hydrogen) atoms. The fourth-order valence-corrected chi connectivity index (χ4v) is 5.08. The zero-order valence-corrected chi connectivity index (χ0v) is 14.9. The Morgan fingerprint density at radius 2 is 2.16 bits per heavy atom. The number of nitrogens with zero attached hydrogens (tertiary/aromatic N) is 2. The number of rotatable bonds is 4. The number of hydrogen-bond donors (Lipinski definition) is 2. The van der Waals surface area contributed by atoms with E-state index in [1.54, 1.807) is 0 Å². The summed E-state index contributed by atoms with van der Waals surface area (Å²) in [4.78, 5) is 14.3. The summed E-state index contributed by atoms with van der Waals surface area (Å²) in [7, 11) is 0. The van der Waals surface area contributed by atoms with Crippen molar-refractivity contribution in [1.29, 1.82) is 0 Å². The van der Waals surface area contributed by atoms with Gasteiger partial charge in [0.05, 0.1) is 17.7 Å². The van der Waals surface area contributed by atoms with E-state index in [4.69, 9.17) is 4.52 Å². The van der Waals surface area contributed by atoms with Gasteiger partial charge in [-0.2, -0.15) is 0 Å². The average Bonchev–Trinajstić information content (AvgIpc) is 3.10. The molecule has 3 aliphatic rings. The van der Waals surface area contributed by atoms with Crippen LogP contribution in [0, 0.1) is 5.41 Å². The maximum atomic E-state index is 12.0. The second-order valence-corrected chi connectivity index (χ2v) is 8.12. The van der Waals surface area contributed by atoms with Crippen molar-refractivity contribution in [2.24, 2.45) is 5.41 Å². The fraction of sp³-hybridized carbons (Fsp3) is 0.789. The lowest BCUT2D eigenvalue weighted by Gasteiger charge is -2.48. The van der Waals surface area contributed by atoms with E-state index in [1.807, 2.05) is 0 Å². The molecule has 1 aromatic rings. The van der Waals surface area contributed by atoms with E-state index in [9.17, 15) is 9.90 Å². The summed E-state index contributed by atoms with van der Waals surface area (Å²) < 4.78 is 5.60. The number of likely N-dealkylation sites (tertiary alicyclic amines) is 1. The van der Waals surface area contributed by atoms with E-state index < -0.39 is 11.4 Å². The van der Waals surface area contributed by atoms with Crippen LogP contribution in [-0.4, -0.2) is 46.8 Å². The number of aliphatic carboxylic acids is 1. The third-order valence-electron chi connectivity index (χ3n) is 6.50. The van der Waals surface area contributed by atoms with Crippen LogP contribution in [0.3, 0.4) is 0 Å². The third-order valence-corrected chi connectivity index (χ3v) is 6.50. The van der Waals surface area contributed by atoms with Crippen LogP contribution < -0.4 is 5.32 Å². The maximum Gasteiger partial charge on any atom is 0.312 e. The first-order chi connectivity index (χ1) is 12.2. The molecule has 1 unspecified atom stereocenters. The molecule has 6 nitrogen and oxygen atoms in total. The van der Waals surface area contributed by atoms with Crippen LogP contribution >= 0.6 is 0 Å². The predicted molar refractivity (Wildman–Crippen MR) is 93.3 cm³/mol. The van der Waals surface area contributed by atoms with E-state index in [-0.39, 0.29) is 6.04 Å². The van der Waals surface area contributed by atoms with E-state index in [0.29, 0.717) is 19.0 Å². The zero-order chi connectivity index (χ0) is 17.3. The Morgan fingerprint density at radius 3 is 2.96 bits per heavy atom. The Hall–Kier alpha value is -1.40. The lowest BCUT2D eigenvalue weighted by atomic mass is 9.70. The van der Waals surface area contributed by atoms with Gasteiger partial charge in [-0.3, -0.25) is 9.69 Å². The van der Waals surface area contributed by atoms with Crippen LogP contribution in [0.25, 0.3) is 0 Å². The van der Waals surface area contributed by atoms with Crippen molar-refractivity contribution in [2.75, 3.05) is 19.6 Å². The molecule has 2 N–H and O–H groups in total. The molecule has 4 rings (SSSR count). The van der Waals surface area contributed by atoms with Crippen LogP contribution in [0.2, 0.25) is 0 Å². The second kappa shape index (κ2) is 7.08. The molecule has 1 aromatic heterocycles. The molecule has 0 spiro atoms. The van der Waals surface area contributed by atoms with Gasteiger partial charge in [0.25, 0.3) is 0 Å². The molecule has 2 aliphatic heterocycles. The molecule has 6 heteroatoms. The first kappa shape index (κ1) is 17.0. The maximum absolute atomic E-state index is 12.0. The minimum Gasteiger partial charge on any atom is -0.481 e. The van der Waals surface area contributed by atoms with Crippen LogP contribution in [0.4, 0.5) is 0 Å². The Morgan fingerprint density at radius 1 is 1.32 bits per heavy atom.